The van der Waals surface area contributed by atoms with Gasteiger partial charge in [0, 0.05) is 0 Å². The third-order valence-electron chi connectivity index (χ3n) is 5.78. The van der Waals surface area contributed by atoms with E-state index in [2.05, 4.69) is 0 Å². The molecule has 0 aliphatic heterocycles. The van der Waals surface area contributed by atoms with Gasteiger partial charge in [-0.1, -0.05) is 44.9 Å². The number of nitrogens with zero attached hydrogens (tertiary/aromatic N) is 2. The minimum absolute atomic E-state index is 0.0140. The van der Waals surface area contributed by atoms with Crippen LogP contribution in [0.5, 0.6) is 0 Å². The first-order chi connectivity index (χ1) is 17.8. The lowest BCUT2D eigenvalue weighted by molar-refractivity contribution is 0.263. The van der Waals surface area contributed by atoms with Gasteiger partial charge in [0.15, 0.2) is 0 Å². The van der Waals surface area contributed by atoms with E-state index in [4.69, 9.17) is 8.57 Å². The predicted octanol–water partition coefficient (Wildman–Crippen LogP) is 0.164. The van der Waals surface area contributed by atoms with E-state index in [-0.39, 0.29) is 19.3 Å². The molecule has 194 valence electrons. The van der Waals surface area contributed by atoms with Crippen LogP contribution in [0.4, 0.5) is 0 Å². The van der Waals surface area contributed by atoms with Gasteiger partial charge >= 0.3 is 20.2 Å². The van der Waals surface area contributed by atoms with Gasteiger partial charge in [0.25, 0.3) is 22.2 Å². The summed E-state index contributed by atoms with van der Waals surface area (Å²) in [5, 5.41) is -1.68. The maximum Gasteiger partial charge on any atom is 0.357 e. The number of fused-ring (bicyclic) bond motifs is 2. The molecule has 0 N–H and O–H groups in total. The highest BCUT2D eigenvalue weighted by molar-refractivity contribution is 7.87. The summed E-state index contributed by atoms with van der Waals surface area (Å²) in [6.07, 6.45) is 0. The van der Waals surface area contributed by atoms with E-state index in [0.29, 0.717) is 0 Å². The first-order valence-electron chi connectivity index (χ1n) is 10.8. The van der Waals surface area contributed by atoms with Gasteiger partial charge in [0.2, 0.25) is 0 Å². The molecule has 5 aromatic rings. The lowest BCUT2D eigenvalue weighted by Gasteiger charge is -2.05. The van der Waals surface area contributed by atoms with Gasteiger partial charge in [-0.25, -0.2) is 0 Å². The minimum atomic E-state index is -4.58. The monoisotopic (exact) mass is 556 g/mol. The lowest BCUT2D eigenvalue weighted by Crippen LogP contribution is -2.36. The van der Waals surface area contributed by atoms with Crippen LogP contribution >= 0.6 is 0 Å². The Morgan fingerprint density at radius 2 is 0.763 bits per heavy atom. The van der Waals surface area contributed by atoms with Crippen LogP contribution in [0.25, 0.3) is 21.5 Å². The molecule has 12 nitrogen and oxygen atoms in total. The third-order valence-corrected chi connectivity index (χ3v) is 8.17. The average molecular weight is 557 g/mol. The van der Waals surface area contributed by atoms with E-state index >= 15 is 0 Å². The van der Waals surface area contributed by atoms with Gasteiger partial charge in [-0.2, -0.15) is 16.8 Å². The summed E-state index contributed by atoms with van der Waals surface area (Å²) in [5.74, 6) is 0. The van der Waals surface area contributed by atoms with Crippen LogP contribution in [-0.2, 0) is 20.2 Å². The molecule has 0 aliphatic rings. The fraction of sp³-hybridized carbons (Fsp3) is 0.0833. The fourth-order valence-corrected chi connectivity index (χ4v) is 5.53. The number of aryl methyl sites for hydroxylation is 2. The van der Waals surface area contributed by atoms with Crippen LogP contribution in [0.3, 0.4) is 0 Å². The zero-order valence-corrected chi connectivity index (χ0v) is 21.2. The summed E-state index contributed by atoms with van der Waals surface area (Å²) in [5.41, 5.74) is -3.27. The Hall–Kier alpha value is -4.56. The maximum atomic E-state index is 12.9. The fourth-order valence-electron chi connectivity index (χ4n) is 3.76. The molecule has 5 rings (SSSR count). The smallest absolute Gasteiger partial charge is 0.277 e. The summed E-state index contributed by atoms with van der Waals surface area (Å²) in [6, 6.07) is 12.7. The number of hydrogen-bond donors (Lipinski definition) is 0. The molecule has 2 aromatic heterocycles. The zero-order valence-electron chi connectivity index (χ0n) is 19.6. The summed E-state index contributed by atoms with van der Waals surface area (Å²) in [6.45, 7) is 3.46. The van der Waals surface area contributed by atoms with Crippen molar-refractivity contribution < 1.29 is 25.4 Å². The summed E-state index contributed by atoms with van der Waals surface area (Å²) < 4.78 is 60.0. The predicted molar refractivity (Wildman–Crippen MR) is 135 cm³/mol. The van der Waals surface area contributed by atoms with Crippen LogP contribution in [0, 0.1) is 13.8 Å². The topological polar surface area (TPSA) is 165 Å². The summed E-state index contributed by atoms with van der Waals surface area (Å²) in [7, 11) is -9.16. The van der Waals surface area contributed by atoms with Gasteiger partial charge in [-0.15, -0.1) is 0 Å². The van der Waals surface area contributed by atoms with E-state index in [1.54, 1.807) is 13.8 Å². The van der Waals surface area contributed by atoms with Crippen LogP contribution in [0.2, 0.25) is 0 Å². The molecule has 14 heteroatoms. The first-order valence-corrected chi connectivity index (χ1v) is 13.6. The van der Waals surface area contributed by atoms with Crippen molar-refractivity contribution in [3.8, 4) is 0 Å². The van der Waals surface area contributed by atoms with Gasteiger partial charge < -0.3 is 0 Å². The zero-order chi connectivity index (χ0) is 27.6. The van der Waals surface area contributed by atoms with Gasteiger partial charge in [-0.3, -0.25) is 27.7 Å². The number of aromatic nitrogens is 2. The first kappa shape index (κ1) is 25.1. The Morgan fingerprint density at radius 1 is 0.500 bits per heavy atom. The van der Waals surface area contributed by atoms with Crippen molar-refractivity contribution in [2.24, 2.45) is 0 Å². The SMILES string of the molecule is Cc1ccc(S(=O)(=O)On2c(=O)c3cc4c(=O)n(OS(=O)(=O)c5ccc(C)cc5)c(=O)c4cc3c2=O)cc1. The molecule has 0 saturated heterocycles. The van der Waals surface area contributed by atoms with Crippen molar-refractivity contribution in [2.75, 3.05) is 0 Å². The van der Waals surface area contributed by atoms with Gasteiger partial charge in [-0.05, 0) is 50.2 Å². The Morgan fingerprint density at radius 3 is 1.03 bits per heavy atom. The van der Waals surface area contributed by atoms with Crippen LogP contribution in [-0.4, -0.2) is 26.3 Å². The molecule has 38 heavy (non-hydrogen) atoms. The standard InChI is InChI=1S/C24H16N2O10S2/c1-13-3-7-15(8-4-13)37(31,32)35-25-21(27)17-11-19-20(12-18(17)22(25)28)24(30)26(23(19)29)36-38(33,34)16-9-5-14(2)6-10-16/h3-12H,1-2H3. The number of benzene rings is 3. The van der Waals surface area contributed by atoms with Gasteiger partial charge in [0.1, 0.15) is 9.79 Å². The van der Waals surface area contributed by atoms with Crippen molar-refractivity contribution in [3.05, 3.63) is 113 Å². The van der Waals surface area contributed by atoms with Crippen molar-refractivity contribution in [3.63, 3.8) is 0 Å². The highest BCUT2D eigenvalue weighted by Gasteiger charge is 2.26. The molecule has 3 aromatic carbocycles. The van der Waals surface area contributed by atoms with Crippen molar-refractivity contribution >= 4 is 41.8 Å². The van der Waals surface area contributed by atoms with Gasteiger partial charge in [0.05, 0.1) is 21.5 Å². The molecule has 0 fully saturated rings. The number of hydrogen-bond acceptors (Lipinski definition) is 10. The summed E-state index contributed by atoms with van der Waals surface area (Å²) >= 11 is 0. The molecule has 0 saturated carbocycles. The second kappa shape index (κ2) is 8.49. The lowest BCUT2D eigenvalue weighted by atomic mass is 10.1. The highest BCUT2D eigenvalue weighted by Crippen LogP contribution is 2.16. The van der Waals surface area contributed by atoms with E-state index < -0.39 is 64.0 Å². The van der Waals surface area contributed by atoms with E-state index in [9.17, 15) is 36.0 Å². The Kier molecular flexibility index (Phi) is 5.61. The van der Waals surface area contributed by atoms with Crippen LogP contribution < -0.4 is 30.8 Å². The highest BCUT2D eigenvalue weighted by atomic mass is 32.2. The number of rotatable bonds is 6. The second-order valence-corrected chi connectivity index (χ2v) is 11.5. The molecule has 0 spiro atoms. The Labute approximate surface area is 213 Å². The molecule has 0 unspecified atom stereocenters. The molecule has 2 heterocycles. The summed E-state index contributed by atoms with van der Waals surface area (Å²) in [4.78, 5) is 50.8. The van der Waals surface area contributed by atoms with E-state index in [0.717, 1.165) is 23.3 Å². The Balaban J connectivity index is 1.61. The molecular formula is C24H16N2O10S2. The third kappa shape index (κ3) is 3.99. The van der Waals surface area contributed by atoms with Crippen molar-refractivity contribution in [1.29, 1.82) is 0 Å². The Bertz CT molecular complexity index is 1950. The second-order valence-electron chi connectivity index (χ2n) is 8.44. The molecule has 0 bridgehead atoms. The van der Waals surface area contributed by atoms with Crippen LogP contribution in [0.15, 0.2) is 89.6 Å². The van der Waals surface area contributed by atoms with E-state index in [1.807, 2.05) is 0 Å². The molecular weight excluding hydrogens is 540 g/mol. The minimum Gasteiger partial charge on any atom is -0.277 e. The van der Waals surface area contributed by atoms with Crippen molar-refractivity contribution in [2.45, 2.75) is 23.6 Å². The molecule has 0 amide bonds. The van der Waals surface area contributed by atoms with E-state index in [1.165, 1.54) is 48.5 Å². The van der Waals surface area contributed by atoms with Crippen molar-refractivity contribution in [1.82, 2.24) is 9.46 Å². The van der Waals surface area contributed by atoms with Crippen LogP contribution in [0.1, 0.15) is 11.1 Å². The molecule has 0 atom stereocenters. The quantitative estimate of drug-likeness (QED) is 0.281. The maximum absolute atomic E-state index is 12.9. The average Bonchev–Trinajstić information content (AvgIpc) is 3.23. The molecule has 0 aliphatic carbocycles. The normalized spacial score (nSPS) is 12.3. The molecule has 0 radical (unpaired) electrons. The largest absolute Gasteiger partial charge is 0.357 e.